The van der Waals surface area contributed by atoms with E-state index in [1.54, 1.807) is 24.5 Å². The van der Waals surface area contributed by atoms with Crippen molar-refractivity contribution >= 4 is 5.97 Å². The molecule has 1 aliphatic rings. The molecule has 0 saturated carbocycles. The zero-order valence-electron chi connectivity index (χ0n) is 15.2. The van der Waals surface area contributed by atoms with Crippen LogP contribution in [0.15, 0.2) is 47.1 Å². The molecule has 2 aromatic heterocycles. The Morgan fingerprint density at radius 1 is 1.30 bits per heavy atom. The molecule has 4 rings (SSSR count). The number of carbonyl (C=O) groups is 1. The fourth-order valence-electron chi connectivity index (χ4n) is 3.78. The van der Waals surface area contributed by atoms with E-state index >= 15 is 0 Å². The summed E-state index contributed by atoms with van der Waals surface area (Å²) < 4.78 is 7.96. The number of hydrogen-bond acceptors (Lipinski definition) is 5. The molecule has 0 aliphatic carbocycles. The van der Waals surface area contributed by atoms with E-state index in [0.29, 0.717) is 23.8 Å². The zero-order chi connectivity index (χ0) is 18.8. The minimum Gasteiger partial charge on any atom is -0.478 e. The summed E-state index contributed by atoms with van der Waals surface area (Å²) in [6, 6.07) is 10.7. The monoisotopic (exact) mass is 366 g/mol. The van der Waals surface area contributed by atoms with Crippen molar-refractivity contribution in [2.75, 3.05) is 13.1 Å². The Kier molecular flexibility index (Phi) is 4.77. The van der Waals surface area contributed by atoms with Gasteiger partial charge in [-0.25, -0.2) is 4.79 Å². The molecule has 0 spiro atoms. The molecule has 1 aromatic carbocycles. The van der Waals surface area contributed by atoms with Crippen molar-refractivity contribution < 1.29 is 14.3 Å². The third kappa shape index (κ3) is 3.64. The lowest BCUT2D eigenvalue weighted by molar-refractivity contribution is 0.0697. The van der Waals surface area contributed by atoms with Crippen LogP contribution in [-0.2, 0) is 13.6 Å². The van der Waals surface area contributed by atoms with Gasteiger partial charge in [-0.1, -0.05) is 18.2 Å². The van der Waals surface area contributed by atoms with Crippen LogP contribution in [0.25, 0.3) is 11.3 Å². The molecule has 27 heavy (non-hydrogen) atoms. The van der Waals surface area contributed by atoms with Gasteiger partial charge in [-0.05, 0) is 37.6 Å². The Labute approximate surface area is 157 Å². The molecule has 3 heterocycles. The van der Waals surface area contributed by atoms with Crippen LogP contribution in [-0.4, -0.2) is 43.8 Å². The average Bonchev–Trinajstić information content (AvgIpc) is 3.31. The van der Waals surface area contributed by atoms with Gasteiger partial charge in [0.2, 0.25) is 0 Å². The molecule has 7 heteroatoms. The summed E-state index contributed by atoms with van der Waals surface area (Å²) in [6.45, 7) is 2.62. The van der Waals surface area contributed by atoms with E-state index in [2.05, 4.69) is 15.1 Å². The molecule has 0 radical (unpaired) electrons. The number of carboxylic acid groups (broad SMARTS) is 1. The third-order valence-corrected chi connectivity index (χ3v) is 5.08. The van der Waals surface area contributed by atoms with Gasteiger partial charge in [0, 0.05) is 25.1 Å². The highest BCUT2D eigenvalue weighted by atomic mass is 16.4. The summed E-state index contributed by atoms with van der Waals surface area (Å²) in [5, 5.41) is 17.6. The van der Waals surface area contributed by atoms with Gasteiger partial charge in [0.1, 0.15) is 23.7 Å². The molecule has 0 bridgehead atoms. The van der Waals surface area contributed by atoms with E-state index < -0.39 is 5.97 Å². The van der Waals surface area contributed by atoms with Crippen molar-refractivity contribution in [2.24, 2.45) is 7.05 Å². The molecule has 7 nitrogen and oxygen atoms in total. The van der Waals surface area contributed by atoms with E-state index in [1.165, 1.54) is 0 Å². The van der Waals surface area contributed by atoms with Gasteiger partial charge in [0.05, 0.1) is 12.1 Å². The first kappa shape index (κ1) is 17.5. The zero-order valence-corrected chi connectivity index (χ0v) is 15.2. The average molecular weight is 366 g/mol. The number of benzene rings is 1. The van der Waals surface area contributed by atoms with Gasteiger partial charge >= 0.3 is 5.97 Å². The number of carboxylic acids is 1. The SMILES string of the molecule is Cn1cnnc1C1CCCN(Cc2ccc(-c3ccccc3C(=O)O)o2)C1. The van der Waals surface area contributed by atoms with E-state index in [9.17, 15) is 9.90 Å². The molecule has 1 saturated heterocycles. The van der Waals surface area contributed by atoms with E-state index in [0.717, 1.165) is 37.5 Å². The number of piperidine rings is 1. The second-order valence-corrected chi connectivity index (χ2v) is 6.99. The minimum atomic E-state index is -0.953. The van der Waals surface area contributed by atoms with Gasteiger partial charge in [0.25, 0.3) is 0 Å². The van der Waals surface area contributed by atoms with Crippen molar-refractivity contribution in [1.29, 1.82) is 0 Å². The van der Waals surface area contributed by atoms with Crippen LogP contribution >= 0.6 is 0 Å². The maximum absolute atomic E-state index is 11.4. The van der Waals surface area contributed by atoms with Crippen LogP contribution in [0.3, 0.4) is 0 Å². The van der Waals surface area contributed by atoms with Crippen molar-refractivity contribution in [1.82, 2.24) is 19.7 Å². The normalized spacial score (nSPS) is 17.9. The molecule has 1 N–H and O–H groups in total. The first-order chi connectivity index (χ1) is 13.1. The lowest BCUT2D eigenvalue weighted by Gasteiger charge is -2.31. The van der Waals surface area contributed by atoms with Crippen LogP contribution < -0.4 is 0 Å². The van der Waals surface area contributed by atoms with E-state index in [1.807, 2.05) is 29.8 Å². The Balaban J connectivity index is 1.48. The summed E-state index contributed by atoms with van der Waals surface area (Å²) in [4.78, 5) is 13.8. The number of hydrogen-bond donors (Lipinski definition) is 1. The smallest absolute Gasteiger partial charge is 0.336 e. The molecule has 0 amide bonds. The van der Waals surface area contributed by atoms with Crippen LogP contribution in [0.5, 0.6) is 0 Å². The lowest BCUT2D eigenvalue weighted by atomic mass is 9.97. The predicted molar refractivity (Wildman–Crippen MR) is 99.4 cm³/mol. The molecular formula is C20H22N4O3. The summed E-state index contributed by atoms with van der Waals surface area (Å²) in [5.41, 5.74) is 0.852. The summed E-state index contributed by atoms with van der Waals surface area (Å²) in [7, 11) is 1.98. The third-order valence-electron chi connectivity index (χ3n) is 5.08. The maximum atomic E-state index is 11.4. The maximum Gasteiger partial charge on any atom is 0.336 e. The summed E-state index contributed by atoms with van der Waals surface area (Å²) >= 11 is 0. The summed E-state index contributed by atoms with van der Waals surface area (Å²) in [6.07, 6.45) is 3.96. The number of aromatic nitrogens is 3. The van der Waals surface area contributed by atoms with Crippen LogP contribution in [0.4, 0.5) is 0 Å². The second kappa shape index (κ2) is 7.36. The van der Waals surface area contributed by atoms with Crippen molar-refractivity contribution in [2.45, 2.75) is 25.3 Å². The second-order valence-electron chi connectivity index (χ2n) is 6.99. The molecule has 140 valence electrons. The molecule has 3 aromatic rings. The number of aromatic carboxylic acids is 1. The molecule has 1 aliphatic heterocycles. The topological polar surface area (TPSA) is 84.4 Å². The highest BCUT2D eigenvalue weighted by Gasteiger charge is 2.25. The minimum absolute atomic E-state index is 0.249. The number of furan rings is 1. The van der Waals surface area contributed by atoms with Crippen LogP contribution in [0.2, 0.25) is 0 Å². The lowest BCUT2D eigenvalue weighted by Crippen LogP contribution is -2.34. The van der Waals surface area contributed by atoms with Gasteiger partial charge in [0.15, 0.2) is 0 Å². The van der Waals surface area contributed by atoms with Gasteiger partial charge in [-0.2, -0.15) is 0 Å². The Hall–Kier alpha value is -2.93. The first-order valence-electron chi connectivity index (χ1n) is 9.09. The van der Waals surface area contributed by atoms with Crippen molar-refractivity contribution in [3.8, 4) is 11.3 Å². The Morgan fingerprint density at radius 3 is 2.93 bits per heavy atom. The van der Waals surface area contributed by atoms with Gasteiger partial charge in [-0.3, -0.25) is 4.90 Å². The summed E-state index contributed by atoms with van der Waals surface area (Å²) in [5.74, 6) is 1.86. The number of nitrogens with zero attached hydrogens (tertiary/aromatic N) is 4. The predicted octanol–water partition coefficient (Wildman–Crippen LogP) is 3.15. The number of likely N-dealkylation sites (tertiary alicyclic amines) is 1. The van der Waals surface area contributed by atoms with Gasteiger partial charge in [-0.15, -0.1) is 10.2 Å². The highest BCUT2D eigenvalue weighted by molar-refractivity contribution is 5.95. The molecule has 1 unspecified atom stereocenters. The Morgan fingerprint density at radius 2 is 2.15 bits per heavy atom. The largest absolute Gasteiger partial charge is 0.478 e. The van der Waals surface area contributed by atoms with Crippen LogP contribution in [0, 0.1) is 0 Å². The first-order valence-corrected chi connectivity index (χ1v) is 9.09. The van der Waals surface area contributed by atoms with Crippen LogP contribution in [0.1, 0.15) is 40.7 Å². The fraction of sp³-hybridized carbons (Fsp3) is 0.350. The number of rotatable bonds is 5. The fourth-order valence-corrected chi connectivity index (χ4v) is 3.78. The van der Waals surface area contributed by atoms with Gasteiger partial charge < -0.3 is 14.1 Å². The van der Waals surface area contributed by atoms with E-state index in [-0.39, 0.29) is 5.56 Å². The number of aryl methyl sites for hydroxylation is 1. The molecule has 1 fully saturated rings. The van der Waals surface area contributed by atoms with Crippen molar-refractivity contribution in [3.63, 3.8) is 0 Å². The molecule has 1 atom stereocenters. The molecular weight excluding hydrogens is 344 g/mol. The van der Waals surface area contributed by atoms with E-state index in [4.69, 9.17) is 4.42 Å². The quantitative estimate of drug-likeness (QED) is 0.747. The standard InChI is InChI=1S/C20H22N4O3/c1-23-13-21-22-19(23)14-5-4-10-24(11-14)12-15-8-9-18(27-15)16-6-2-3-7-17(16)20(25)26/h2-3,6-9,13-14H,4-5,10-12H2,1H3,(H,25,26). The van der Waals surface area contributed by atoms with Crippen molar-refractivity contribution in [3.05, 3.63) is 59.9 Å². The Bertz CT molecular complexity index is 946. The highest BCUT2D eigenvalue weighted by Crippen LogP contribution is 2.29.